The molecule has 1 amide bonds. The Hall–Kier alpha value is -1.67. The van der Waals surface area contributed by atoms with Gasteiger partial charge in [0.2, 0.25) is 5.91 Å². The van der Waals surface area contributed by atoms with Gasteiger partial charge in [0.15, 0.2) is 0 Å². The Balaban J connectivity index is 2.79. The van der Waals surface area contributed by atoms with E-state index in [9.17, 15) is 17.6 Å². The number of alkyl halides is 1. The number of carbonyl (C=O) groups is 1. The maximum Gasteiger partial charge on any atom is 0.278 e. The highest BCUT2D eigenvalue weighted by atomic mass is 32.2. The van der Waals surface area contributed by atoms with Gasteiger partial charge in [-0.3, -0.25) is 24.6 Å². The molecular weight excluding hydrogens is 389 g/mol. The van der Waals surface area contributed by atoms with Gasteiger partial charge in [0.05, 0.1) is 31.5 Å². The second-order valence-corrected chi connectivity index (χ2v) is 7.82. The minimum absolute atomic E-state index is 0.0431. The van der Waals surface area contributed by atoms with Gasteiger partial charge >= 0.3 is 0 Å². The van der Waals surface area contributed by atoms with Crippen molar-refractivity contribution in [2.24, 2.45) is 10.7 Å². The number of aliphatic imine (C=N–C) groups is 1. The molecule has 148 valence electrons. The smallest absolute Gasteiger partial charge is 0.278 e. The van der Waals surface area contributed by atoms with Crippen LogP contribution in [0.1, 0.15) is 6.92 Å². The Morgan fingerprint density at radius 1 is 1.62 bits per heavy atom. The van der Waals surface area contributed by atoms with E-state index in [-0.39, 0.29) is 25.6 Å². The second-order valence-electron chi connectivity index (χ2n) is 5.50. The van der Waals surface area contributed by atoms with Crippen molar-refractivity contribution in [2.75, 3.05) is 44.3 Å². The zero-order valence-electron chi connectivity index (χ0n) is 14.4. The maximum atomic E-state index is 12.8. The van der Waals surface area contributed by atoms with Gasteiger partial charge in [0.25, 0.3) is 10.1 Å². The highest BCUT2D eigenvalue weighted by Gasteiger charge is 2.37. The SMILES string of the molecule is CN(C(=O)[C@](C)(COCCN=C(N)CF)NCS(=O)(=O)O)c1cncs1. The van der Waals surface area contributed by atoms with Crippen molar-refractivity contribution in [3.63, 3.8) is 0 Å². The third-order valence-corrected chi connectivity index (χ3v) is 4.61. The van der Waals surface area contributed by atoms with E-state index in [1.165, 1.54) is 36.4 Å². The molecular formula is C13H22FN5O5S2. The third kappa shape index (κ3) is 7.29. The summed E-state index contributed by atoms with van der Waals surface area (Å²) in [7, 11) is -2.84. The maximum absolute atomic E-state index is 12.8. The average molecular weight is 411 g/mol. The van der Waals surface area contributed by atoms with E-state index in [0.717, 1.165) is 0 Å². The van der Waals surface area contributed by atoms with Gasteiger partial charge in [-0.15, -0.1) is 11.3 Å². The van der Waals surface area contributed by atoms with E-state index < -0.39 is 34.1 Å². The van der Waals surface area contributed by atoms with E-state index in [4.69, 9.17) is 15.0 Å². The molecule has 0 aliphatic carbocycles. The number of rotatable bonds is 11. The van der Waals surface area contributed by atoms with Crippen molar-refractivity contribution >= 4 is 38.2 Å². The summed E-state index contributed by atoms with van der Waals surface area (Å²) in [4.78, 5) is 21.7. The highest BCUT2D eigenvalue weighted by molar-refractivity contribution is 7.85. The molecule has 1 aromatic heterocycles. The van der Waals surface area contributed by atoms with Gasteiger partial charge in [0.1, 0.15) is 28.9 Å². The minimum atomic E-state index is -4.35. The van der Waals surface area contributed by atoms with Crippen LogP contribution in [0.25, 0.3) is 0 Å². The molecule has 0 radical (unpaired) electrons. The predicted octanol–water partition coefficient (Wildman–Crippen LogP) is -0.357. The normalized spacial score (nSPS) is 14.8. The van der Waals surface area contributed by atoms with Crippen molar-refractivity contribution in [3.05, 3.63) is 11.7 Å². The number of ether oxygens (including phenoxy) is 1. The molecule has 0 bridgehead atoms. The number of anilines is 1. The number of thiazole rings is 1. The number of halogens is 1. The number of nitrogens with one attached hydrogen (secondary N) is 1. The van der Waals surface area contributed by atoms with E-state index in [1.54, 1.807) is 5.51 Å². The summed E-state index contributed by atoms with van der Waals surface area (Å²) in [6.45, 7) is 0.489. The van der Waals surface area contributed by atoms with Crippen molar-refractivity contribution in [1.29, 1.82) is 0 Å². The quantitative estimate of drug-likeness (QED) is 0.194. The van der Waals surface area contributed by atoms with Crippen LogP contribution in [0.15, 0.2) is 16.7 Å². The van der Waals surface area contributed by atoms with E-state index >= 15 is 0 Å². The van der Waals surface area contributed by atoms with Gasteiger partial charge in [-0.05, 0) is 6.92 Å². The van der Waals surface area contributed by atoms with E-state index in [0.29, 0.717) is 5.00 Å². The Labute approximate surface area is 155 Å². The molecule has 1 atom stereocenters. The lowest BCUT2D eigenvalue weighted by Gasteiger charge is -2.32. The molecule has 0 aliphatic heterocycles. The number of amidine groups is 1. The van der Waals surface area contributed by atoms with Crippen LogP contribution in [0.5, 0.6) is 0 Å². The number of amides is 1. The van der Waals surface area contributed by atoms with Crippen LogP contribution < -0.4 is 16.0 Å². The molecule has 0 saturated carbocycles. The number of nitrogens with zero attached hydrogens (tertiary/aromatic N) is 3. The number of nitrogens with two attached hydrogens (primary N) is 1. The van der Waals surface area contributed by atoms with Gasteiger partial charge in [0, 0.05) is 7.05 Å². The van der Waals surface area contributed by atoms with E-state index in [1.807, 2.05) is 0 Å². The Morgan fingerprint density at radius 2 is 2.31 bits per heavy atom. The van der Waals surface area contributed by atoms with Crippen LogP contribution in [0.2, 0.25) is 0 Å². The first kappa shape index (κ1) is 22.4. The third-order valence-electron chi connectivity index (χ3n) is 3.25. The monoisotopic (exact) mass is 411 g/mol. The van der Waals surface area contributed by atoms with Crippen LogP contribution in [-0.2, 0) is 19.6 Å². The molecule has 1 aromatic rings. The molecule has 4 N–H and O–H groups in total. The van der Waals surface area contributed by atoms with E-state index in [2.05, 4.69) is 15.3 Å². The molecule has 0 fully saturated rings. The zero-order valence-corrected chi connectivity index (χ0v) is 16.0. The summed E-state index contributed by atoms with van der Waals surface area (Å²) in [5, 5.41) is 3.05. The fraction of sp³-hybridized carbons (Fsp3) is 0.615. The molecule has 26 heavy (non-hydrogen) atoms. The van der Waals surface area contributed by atoms with Gasteiger partial charge < -0.3 is 15.4 Å². The molecule has 0 saturated heterocycles. The van der Waals surface area contributed by atoms with Crippen molar-refractivity contribution in [3.8, 4) is 0 Å². The standard InChI is InChI=1S/C13H22FN5O5S2/c1-13(18-9-26(21,22)23,7-24-4-3-17-10(15)5-14)12(20)19(2)11-6-16-8-25-11/h6,8,18H,3-5,7,9H2,1-2H3,(H2,15,17)(H,21,22,23)/t13-/m0/s1. The van der Waals surface area contributed by atoms with Crippen LogP contribution in [0.3, 0.4) is 0 Å². The number of carbonyl (C=O) groups excluding carboxylic acids is 1. The molecule has 13 heteroatoms. The minimum Gasteiger partial charge on any atom is -0.385 e. The molecule has 10 nitrogen and oxygen atoms in total. The van der Waals surface area contributed by atoms with Crippen molar-refractivity contribution in [1.82, 2.24) is 10.3 Å². The molecule has 0 spiro atoms. The van der Waals surface area contributed by atoms with Crippen LogP contribution in [0, 0.1) is 0 Å². The fourth-order valence-electron chi connectivity index (χ4n) is 1.86. The molecule has 0 aromatic carbocycles. The summed E-state index contributed by atoms with van der Waals surface area (Å²) in [6.07, 6.45) is 1.49. The lowest BCUT2D eigenvalue weighted by molar-refractivity contribution is -0.126. The van der Waals surface area contributed by atoms with Crippen LogP contribution in [0.4, 0.5) is 9.39 Å². The number of hydrogen-bond acceptors (Lipinski definition) is 8. The average Bonchev–Trinajstić information content (AvgIpc) is 3.12. The summed E-state index contributed by atoms with van der Waals surface area (Å²) < 4.78 is 48.6. The van der Waals surface area contributed by atoms with Gasteiger partial charge in [-0.1, -0.05) is 0 Å². The Bertz CT molecular complexity index is 713. The largest absolute Gasteiger partial charge is 0.385 e. The second kappa shape index (κ2) is 9.87. The van der Waals surface area contributed by atoms with Crippen molar-refractivity contribution < 1.29 is 26.9 Å². The Kier molecular flexibility index (Phi) is 8.49. The highest BCUT2D eigenvalue weighted by Crippen LogP contribution is 2.21. The fourth-order valence-corrected chi connectivity index (χ4v) is 2.95. The lowest BCUT2D eigenvalue weighted by Crippen LogP contribution is -2.59. The molecule has 0 aliphatic rings. The molecule has 0 unspecified atom stereocenters. The number of hydrogen-bond donors (Lipinski definition) is 3. The number of likely N-dealkylation sites (N-methyl/N-ethyl adjacent to an activating group) is 1. The first-order valence-corrected chi connectivity index (χ1v) is 9.87. The first-order chi connectivity index (χ1) is 12.1. The topological polar surface area (TPSA) is 147 Å². The Morgan fingerprint density at radius 3 is 2.85 bits per heavy atom. The van der Waals surface area contributed by atoms with Gasteiger partial charge in [-0.25, -0.2) is 4.39 Å². The summed E-state index contributed by atoms with van der Waals surface area (Å²) in [5.74, 6) is -1.48. The van der Waals surface area contributed by atoms with Crippen LogP contribution in [-0.4, -0.2) is 74.6 Å². The summed E-state index contributed by atoms with van der Waals surface area (Å²) in [6, 6.07) is 0. The van der Waals surface area contributed by atoms with Gasteiger partial charge in [-0.2, -0.15) is 8.42 Å². The lowest BCUT2D eigenvalue weighted by atomic mass is 10.0. The van der Waals surface area contributed by atoms with Crippen LogP contribution >= 0.6 is 11.3 Å². The summed E-state index contributed by atoms with van der Waals surface area (Å²) >= 11 is 1.23. The first-order valence-electron chi connectivity index (χ1n) is 7.38. The predicted molar refractivity (Wildman–Crippen MR) is 96.8 cm³/mol. The number of aromatic nitrogens is 1. The summed E-state index contributed by atoms with van der Waals surface area (Å²) in [5.41, 5.74) is 5.32. The zero-order chi connectivity index (χ0) is 19.8. The molecule has 1 heterocycles. The molecule has 1 rings (SSSR count). The van der Waals surface area contributed by atoms with Crippen molar-refractivity contribution in [2.45, 2.75) is 12.5 Å².